The molecule has 31 heavy (non-hydrogen) atoms. The van der Waals surface area contributed by atoms with Crippen molar-refractivity contribution in [1.82, 2.24) is 10.2 Å². The number of amides is 2. The van der Waals surface area contributed by atoms with Crippen molar-refractivity contribution >= 4 is 58.8 Å². The van der Waals surface area contributed by atoms with Gasteiger partial charge in [0.15, 0.2) is 0 Å². The van der Waals surface area contributed by atoms with Gasteiger partial charge in [-0.3, -0.25) is 14.4 Å². The van der Waals surface area contributed by atoms with E-state index in [-0.39, 0.29) is 44.4 Å². The molecule has 0 radical (unpaired) electrons. The van der Waals surface area contributed by atoms with Crippen molar-refractivity contribution in [1.29, 1.82) is 0 Å². The fraction of sp³-hybridized carbons (Fsp3) is 0.421. The molecule has 0 aliphatic carbocycles. The first-order valence-corrected chi connectivity index (χ1v) is 10.7. The number of alkyl halides is 3. The molecule has 1 aliphatic heterocycles. The number of rotatable bonds is 6. The lowest BCUT2D eigenvalue weighted by atomic mass is 9.95. The molecule has 2 amide bonds. The Bertz CT molecular complexity index is 888. The molecule has 2 rings (SSSR count). The van der Waals surface area contributed by atoms with Gasteiger partial charge in [-0.05, 0) is 49.2 Å². The second-order valence-corrected chi connectivity index (χ2v) is 8.69. The van der Waals surface area contributed by atoms with E-state index >= 15 is 0 Å². The number of nitrogens with one attached hydrogen (secondary N) is 1. The zero-order valence-corrected chi connectivity index (χ0v) is 18.5. The van der Waals surface area contributed by atoms with Gasteiger partial charge in [-0.25, -0.2) is 0 Å². The van der Waals surface area contributed by atoms with E-state index in [2.05, 4.69) is 5.32 Å². The first kappa shape index (κ1) is 25.4. The highest BCUT2D eigenvalue weighted by Gasteiger charge is 2.31. The lowest BCUT2D eigenvalue weighted by Gasteiger charge is -2.31. The number of aliphatic carboxylic acids is 1. The minimum atomic E-state index is -4.50. The number of carboxylic acids is 1. The van der Waals surface area contributed by atoms with E-state index in [9.17, 15) is 27.6 Å². The van der Waals surface area contributed by atoms with Gasteiger partial charge in [-0.1, -0.05) is 29.3 Å². The molecule has 2 N–H and O–H groups in total. The number of hydrogen-bond donors (Lipinski definition) is 2. The number of nitrogens with zero attached hydrogens (tertiary/aromatic N) is 1. The maximum Gasteiger partial charge on any atom is 0.446 e. The summed E-state index contributed by atoms with van der Waals surface area (Å²) in [6.07, 6.45) is 3.37. The van der Waals surface area contributed by atoms with Crippen LogP contribution in [0.25, 0.3) is 6.08 Å². The Balaban J connectivity index is 1.95. The number of carboxylic acid groups (broad SMARTS) is 1. The van der Waals surface area contributed by atoms with Crippen molar-refractivity contribution in [2.24, 2.45) is 5.92 Å². The van der Waals surface area contributed by atoms with Crippen LogP contribution in [0.4, 0.5) is 13.2 Å². The third-order valence-corrected chi connectivity index (χ3v) is 6.41. The Morgan fingerprint density at radius 1 is 1.23 bits per heavy atom. The quantitative estimate of drug-likeness (QED) is 0.447. The first-order chi connectivity index (χ1) is 14.4. The highest BCUT2D eigenvalue weighted by Crippen LogP contribution is 2.43. The molecule has 0 aromatic heterocycles. The molecule has 170 valence electrons. The van der Waals surface area contributed by atoms with Crippen molar-refractivity contribution in [2.75, 3.05) is 13.1 Å². The molecule has 1 aromatic carbocycles. The number of likely N-dealkylation sites (tertiary alicyclic amines) is 1. The monoisotopic (exact) mass is 498 g/mol. The minimum Gasteiger partial charge on any atom is -0.480 e. The van der Waals surface area contributed by atoms with Crippen molar-refractivity contribution in [2.45, 2.75) is 36.2 Å². The van der Waals surface area contributed by atoms with E-state index < -0.39 is 17.5 Å². The maximum absolute atomic E-state index is 12.5. The fourth-order valence-corrected chi connectivity index (χ4v) is 4.05. The van der Waals surface area contributed by atoms with Crippen LogP contribution in [0.15, 0.2) is 23.1 Å². The van der Waals surface area contributed by atoms with Crippen LogP contribution in [-0.4, -0.2) is 52.4 Å². The van der Waals surface area contributed by atoms with Crippen molar-refractivity contribution in [3.8, 4) is 0 Å². The van der Waals surface area contributed by atoms with Gasteiger partial charge in [-0.15, -0.1) is 0 Å². The van der Waals surface area contributed by atoms with Gasteiger partial charge >= 0.3 is 11.5 Å². The van der Waals surface area contributed by atoms with Gasteiger partial charge in [0.2, 0.25) is 11.8 Å². The normalized spacial score (nSPS) is 16.4. The Morgan fingerprint density at radius 2 is 1.84 bits per heavy atom. The molecule has 0 bridgehead atoms. The molecule has 1 aromatic rings. The predicted octanol–water partition coefficient (Wildman–Crippen LogP) is 4.45. The van der Waals surface area contributed by atoms with E-state index in [1.54, 1.807) is 0 Å². The van der Waals surface area contributed by atoms with E-state index in [1.807, 2.05) is 0 Å². The van der Waals surface area contributed by atoms with Gasteiger partial charge in [0.05, 0.1) is 10.0 Å². The summed E-state index contributed by atoms with van der Waals surface area (Å²) in [6, 6.07) is 1.53. The molecular formula is C19H19Cl2F3N2O4S. The lowest BCUT2D eigenvalue weighted by molar-refractivity contribution is -0.142. The van der Waals surface area contributed by atoms with Gasteiger partial charge < -0.3 is 15.3 Å². The van der Waals surface area contributed by atoms with Gasteiger partial charge in [-0.2, -0.15) is 13.2 Å². The fourth-order valence-electron chi connectivity index (χ4n) is 2.90. The topological polar surface area (TPSA) is 86.7 Å². The number of benzene rings is 1. The summed E-state index contributed by atoms with van der Waals surface area (Å²) in [7, 11) is 0. The van der Waals surface area contributed by atoms with Crippen LogP contribution < -0.4 is 5.32 Å². The predicted molar refractivity (Wildman–Crippen MR) is 112 cm³/mol. The Labute approximate surface area is 190 Å². The Kier molecular flexibility index (Phi) is 8.67. The number of hydrogen-bond acceptors (Lipinski definition) is 4. The van der Waals surface area contributed by atoms with Crippen LogP contribution in [0.5, 0.6) is 0 Å². The summed E-state index contributed by atoms with van der Waals surface area (Å²) in [5, 5.41) is 10.9. The molecule has 1 heterocycles. The standard InChI is InChI=1S/C19H19Cl2F3N2O4S/c1-10(18(29)30)25-17(28)12-6-8-26(9-7-12)14(27)5-3-11-2-4-13(16(21)15(11)20)31-19(22,23)24/h2-5,10,12H,6-9H2,1H3,(H,25,28)(H,29,30)/b5-3+. The van der Waals surface area contributed by atoms with Crippen LogP contribution in [0.3, 0.4) is 0 Å². The van der Waals surface area contributed by atoms with E-state index in [0.29, 0.717) is 31.5 Å². The number of carbonyl (C=O) groups is 3. The smallest absolute Gasteiger partial charge is 0.446 e. The zero-order chi connectivity index (χ0) is 23.3. The van der Waals surface area contributed by atoms with Crippen LogP contribution >= 0.6 is 35.0 Å². The molecular weight excluding hydrogens is 480 g/mol. The molecule has 1 fully saturated rings. The lowest BCUT2D eigenvalue weighted by Crippen LogP contribution is -2.46. The Hall–Kier alpha value is -1.91. The van der Waals surface area contributed by atoms with Crippen LogP contribution in [0.1, 0.15) is 25.3 Å². The third kappa shape index (κ3) is 7.33. The number of halogens is 5. The molecule has 6 nitrogen and oxygen atoms in total. The SMILES string of the molecule is CC(NC(=O)C1CCN(C(=O)/C=C/c2ccc(SC(F)(F)F)c(Cl)c2Cl)CC1)C(=O)O. The van der Waals surface area contributed by atoms with Crippen molar-refractivity contribution < 1.29 is 32.7 Å². The summed E-state index contributed by atoms with van der Waals surface area (Å²) < 4.78 is 37.6. The number of carbonyl (C=O) groups excluding carboxylic acids is 2. The van der Waals surface area contributed by atoms with Crippen molar-refractivity contribution in [3.63, 3.8) is 0 Å². The molecule has 12 heteroatoms. The zero-order valence-electron chi connectivity index (χ0n) is 16.2. The average Bonchev–Trinajstić information content (AvgIpc) is 2.69. The second kappa shape index (κ2) is 10.6. The molecule has 1 aliphatic rings. The molecule has 0 spiro atoms. The number of piperidine rings is 1. The molecule has 0 saturated carbocycles. The summed E-state index contributed by atoms with van der Waals surface area (Å²) in [6.45, 7) is 1.98. The van der Waals surface area contributed by atoms with Crippen LogP contribution in [-0.2, 0) is 14.4 Å². The first-order valence-electron chi connectivity index (χ1n) is 9.13. The van der Waals surface area contributed by atoms with E-state index in [4.69, 9.17) is 28.3 Å². The molecule has 1 saturated heterocycles. The second-order valence-electron chi connectivity index (χ2n) is 6.83. The largest absolute Gasteiger partial charge is 0.480 e. The molecule has 1 atom stereocenters. The van der Waals surface area contributed by atoms with Gasteiger partial charge in [0, 0.05) is 30.0 Å². The van der Waals surface area contributed by atoms with Gasteiger partial charge in [0.1, 0.15) is 6.04 Å². The molecule has 1 unspecified atom stereocenters. The van der Waals surface area contributed by atoms with Crippen molar-refractivity contribution in [3.05, 3.63) is 33.8 Å². The maximum atomic E-state index is 12.5. The summed E-state index contributed by atoms with van der Waals surface area (Å²) >= 11 is 11.6. The third-order valence-electron chi connectivity index (χ3n) is 4.61. The summed E-state index contributed by atoms with van der Waals surface area (Å²) in [5.41, 5.74) is -4.21. The Morgan fingerprint density at radius 3 is 2.39 bits per heavy atom. The minimum absolute atomic E-state index is 0.0945. The highest BCUT2D eigenvalue weighted by atomic mass is 35.5. The average molecular weight is 499 g/mol. The van der Waals surface area contributed by atoms with E-state index in [0.717, 1.165) is 0 Å². The van der Waals surface area contributed by atoms with Gasteiger partial charge in [0.25, 0.3) is 0 Å². The highest BCUT2D eigenvalue weighted by molar-refractivity contribution is 8.00. The van der Waals surface area contributed by atoms with E-state index in [1.165, 1.54) is 36.1 Å². The van der Waals surface area contributed by atoms with Crippen LogP contribution in [0, 0.1) is 5.92 Å². The van der Waals surface area contributed by atoms with Crippen LogP contribution in [0.2, 0.25) is 10.0 Å². The summed E-state index contributed by atoms with van der Waals surface area (Å²) in [5.74, 6) is -2.23. The number of thioether (sulfide) groups is 1. The summed E-state index contributed by atoms with van der Waals surface area (Å²) in [4.78, 5) is 36.6.